The highest BCUT2D eigenvalue weighted by Crippen LogP contribution is 2.20. The van der Waals surface area contributed by atoms with E-state index in [9.17, 15) is 4.79 Å². The van der Waals surface area contributed by atoms with Crippen molar-refractivity contribution in [1.82, 2.24) is 0 Å². The number of nitrogens with zero attached hydrogens (tertiary/aromatic N) is 1. The molecule has 86 valence electrons. The summed E-state index contributed by atoms with van der Waals surface area (Å²) in [5.74, 6) is -2.08. The Morgan fingerprint density at radius 1 is 1.27 bits per heavy atom. The molecule has 4 heteroatoms. The van der Waals surface area contributed by atoms with Gasteiger partial charge in [0.1, 0.15) is 6.07 Å². The van der Waals surface area contributed by atoms with Crippen LogP contribution in [0.5, 0.6) is 0 Å². The molecule has 0 aromatic heterocycles. The molecule has 0 spiro atoms. The minimum Gasteiger partial charge on any atom is -0.329 e. The Labute approximate surface area is 91.2 Å². The van der Waals surface area contributed by atoms with Gasteiger partial charge in [0.05, 0.1) is 12.2 Å². The zero-order valence-corrected chi connectivity index (χ0v) is 10.0. The van der Waals surface area contributed by atoms with Crippen LogP contribution >= 0.6 is 0 Å². The summed E-state index contributed by atoms with van der Waals surface area (Å²) >= 11 is 0. The van der Waals surface area contributed by atoms with E-state index in [0.717, 1.165) is 0 Å². The summed E-state index contributed by atoms with van der Waals surface area (Å²) in [6.45, 7) is 8.73. The van der Waals surface area contributed by atoms with Gasteiger partial charge in [-0.1, -0.05) is 6.92 Å². The largest absolute Gasteiger partial charge is 0.329 e. The van der Waals surface area contributed by atoms with Crippen LogP contribution in [0.2, 0.25) is 0 Å². The van der Waals surface area contributed by atoms with Crippen molar-refractivity contribution in [2.24, 2.45) is 0 Å². The van der Waals surface area contributed by atoms with E-state index in [4.69, 9.17) is 14.7 Å². The van der Waals surface area contributed by atoms with Gasteiger partial charge < -0.3 is 9.47 Å². The van der Waals surface area contributed by atoms with Crippen LogP contribution in [-0.2, 0) is 14.3 Å². The molecule has 0 bridgehead atoms. The van der Waals surface area contributed by atoms with E-state index in [1.54, 1.807) is 34.6 Å². The summed E-state index contributed by atoms with van der Waals surface area (Å²) in [7, 11) is 0. The van der Waals surface area contributed by atoms with Crippen molar-refractivity contribution < 1.29 is 14.3 Å². The minimum absolute atomic E-state index is 0.215. The van der Waals surface area contributed by atoms with Gasteiger partial charge in [-0.3, -0.25) is 4.79 Å². The molecule has 0 heterocycles. The molecule has 0 N–H and O–H groups in total. The molecule has 0 fully saturated rings. The van der Waals surface area contributed by atoms with Crippen LogP contribution in [0.15, 0.2) is 0 Å². The highest BCUT2D eigenvalue weighted by atomic mass is 16.7. The number of carbonyl (C=O) groups excluding carboxylic acids is 1. The van der Waals surface area contributed by atoms with Gasteiger partial charge in [-0.15, -0.1) is 0 Å². The van der Waals surface area contributed by atoms with Crippen LogP contribution in [0.3, 0.4) is 0 Å². The van der Waals surface area contributed by atoms with E-state index in [-0.39, 0.29) is 24.4 Å². The average Bonchev–Trinajstić information content (AvgIpc) is 2.13. The Morgan fingerprint density at radius 3 is 1.87 bits per heavy atom. The van der Waals surface area contributed by atoms with Crippen molar-refractivity contribution in [3.05, 3.63) is 0 Å². The van der Waals surface area contributed by atoms with Crippen LogP contribution < -0.4 is 0 Å². The maximum Gasteiger partial charge on any atom is 0.321 e. The van der Waals surface area contributed by atoms with Crippen LogP contribution in [-0.4, -0.2) is 23.8 Å². The lowest BCUT2D eigenvalue weighted by atomic mass is 10.1. The van der Waals surface area contributed by atoms with Crippen LogP contribution in [0.1, 0.15) is 41.0 Å². The lowest BCUT2D eigenvalue weighted by molar-refractivity contribution is -0.226. The number of rotatable bonds is 6. The van der Waals surface area contributed by atoms with E-state index < -0.39 is 5.79 Å². The molecule has 0 aromatic carbocycles. The molecular formula is C11H19NO3. The van der Waals surface area contributed by atoms with Crippen LogP contribution in [0.25, 0.3) is 0 Å². The average molecular weight is 213 g/mol. The molecule has 0 aliphatic rings. The van der Waals surface area contributed by atoms with Gasteiger partial charge in [0.25, 0.3) is 0 Å². The maximum atomic E-state index is 11.7. The van der Waals surface area contributed by atoms with Crippen molar-refractivity contribution in [3.63, 3.8) is 0 Å². The van der Waals surface area contributed by atoms with Gasteiger partial charge in [0, 0.05) is 6.42 Å². The van der Waals surface area contributed by atoms with Crippen molar-refractivity contribution in [2.45, 2.75) is 59.0 Å². The molecule has 0 unspecified atom stereocenters. The van der Waals surface area contributed by atoms with Crippen LogP contribution in [0.4, 0.5) is 0 Å². The first-order chi connectivity index (χ1) is 6.88. The van der Waals surface area contributed by atoms with Crippen LogP contribution in [0, 0.1) is 11.3 Å². The number of Topliss-reactive ketones (excluding diaryl/α,β-unsaturated/α-hetero) is 1. The number of hydrogen-bond donors (Lipinski definition) is 0. The number of carbonyl (C=O) groups is 1. The third kappa shape index (κ3) is 3.98. The molecule has 0 aromatic rings. The highest BCUT2D eigenvalue weighted by molar-refractivity contribution is 5.88. The monoisotopic (exact) mass is 213 g/mol. The molecule has 0 aliphatic heterocycles. The van der Waals surface area contributed by atoms with E-state index in [1.807, 2.05) is 6.07 Å². The summed E-state index contributed by atoms with van der Waals surface area (Å²) in [4.78, 5) is 11.7. The van der Waals surface area contributed by atoms with E-state index in [2.05, 4.69) is 0 Å². The fraction of sp³-hybridized carbons (Fsp3) is 0.818. The maximum absolute atomic E-state index is 11.7. The second kappa shape index (κ2) is 5.84. The van der Waals surface area contributed by atoms with Crippen molar-refractivity contribution in [2.75, 3.05) is 0 Å². The molecule has 0 atom stereocenters. The summed E-state index contributed by atoms with van der Waals surface area (Å²) in [6.07, 6.45) is -0.259. The second-order valence-corrected chi connectivity index (χ2v) is 3.84. The number of hydrogen-bond acceptors (Lipinski definition) is 4. The lowest BCUT2D eigenvalue weighted by Gasteiger charge is -2.28. The van der Waals surface area contributed by atoms with Gasteiger partial charge in [-0.05, 0) is 27.7 Å². The summed E-state index contributed by atoms with van der Waals surface area (Å²) in [5, 5.41) is 9.06. The molecule has 0 saturated carbocycles. The summed E-state index contributed by atoms with van der Waals surface area (Å²) < 4.78 is 10.6. The molecule has 15 heavy (non-hydrogen) atoms. The Hall–Kier alpha value is -0.920. The number of nitriles is 1. The number of ketones is 1. The third-order valence-electron chi connectivity index (χ3n) is 1.64. The molecular weight excluding hydrogens is 194 g/mol. The summed E-state index contributed by atoms with van der Waals surface area (Å²) in [5.41, 5.74) is 0. The SMILES string of the molecule is CCC(=O)C(C#N)(OC(C)C)OC(C)C. The first-order valence-electron chi connectivity index (χ1n) is 5.18. The quantitative estimate of drug-likeness (QED) is 0.633. The first-order valence-corrected chi connectivity index (χ1v) is 5.18. The topological polar surface area (TPSA) is 59.3 Å². The van der Waals surface area contributed by atoms with E-state index >= 15 is 0 Å². The molecule has 0 aliphatic carbocycles. The smallest absolute Gasteiger partial charge is 0.321 e. The molecule has 0 rings (SSSR count). The van der Waals surface area contributed by atoms with Gasteiger partial charge in [-0.2, -0.15) is 5.26 Å². The van der Waals surface area contributed by atoms with Gasteiger partial charge in [-0.25, -0.2) is 0 Å². The van der Waals surface area contributed by atoms with E-state index in [1.165, 1.54) is 0 Å². The van der Waals surface area contributed by atoms with Gasteiger partial charge in [0.2, 0.25) is 5.78 Å². The predicted molar refractivity (Wildman–Crippen MR) is 56.1 cm³/mol. The van der Waals surface area contributed by atoms with Gasteiger partial charge in [0.15, 0.2) is 0 Å². The van der Waals surface area contributed by atoms with Crippen molar-refractivity contribution in [3.8, 4) is 6.07 Å². The standard InChI is InChI=1S/C11H19NO3/c1-6-10(13)11(7-12,14-8(2)3)15-9(4)5/h8-9H,6H2,1-5H3. The van der Waals surface area contributed by atoms with Crippen molar-refractivity contribution >= 4 is 5.78 Å². The number of ether oxygens (including phenoxy) is 2. The third-order valence-corrected chi connectivity index (χ3v) is 1.64. The lowest BCUT2D eigenvalue weighted by Crippen LogP contribution is -2.46. The summed E-state index contributed by atoms with van der Waals surface area (Å²) in [6, 6.07) is 1.83. The fourth-order valence-corrected chi connectivity index (χ4v) is 1.17. The molecule has 0 saturated heterocycles. The molecule has 0 radical (unpaired) electrons. The normalized spacial score (nSPS) is 11.9. The Balaban J connectivity index is 4.94. The highest BCUT2D eigenvalue weighted by Gasteiger charge is 2.41. The fourth-order valence-electron chi connectivity index (χ4n) is 1.17. The predicted octanol–water partition coefficient (Wildman–Crippen LogP) is 2.04. The zero-order valence-electron chi connectivity index (χ0n) is 10.0. The Morgan fingerprint density at radius 2 is 1.67 bits per heavy atom. The molecule has 0 amide bonds. The van der Waals surface area contributed by atoms with Crippen molar-refractivity contribution in [1.29, 1.82) is 5.26 Å². The Bertz CT molecular complexity index is 243. The Kier molecular flexibility index (Phi) is 5.48. The second-order valence-electron chi connectivity index (χ2n) is 3.84. The zero-order chi connectivity index (χ0) is 12.1. The minimum atomic E-state index is -1.74. The van der Waals surface area contributed by atoms with E-state index in [0.29, 0.717) is 0 Å². The van der Waals surface area contributed by atoms with Gasteiger partial charge >= 0.3 is 5.79 Å². The molecule has 4 nitrogen and oxygen atoms in total. The first kappa shape index (κ1) is 14.1.